The van der Waals surface area contributed by atoms with Gasteiger partial charge in [-0.05, 0) is 24.7 Å². The Morgan fingerprint density at radius 1 is 0.812 bits per heavy atom. The first kappa shape index (κ1) is 12.3. The van der Waals surface area contributed by atoms with Crippen LogP contribution >= 0.6 is 0 Å². The van der Waals surface area contributed by atoms with Gasteiger partial charge in [-0.2, -0.15) is 0 Å². The van der Waals surface area contributed by atoms with E-state index >= 15 is 0 Å². The molecule has 0 amide bonds. The van der Waals surface area contributed by atoms with Crippen molar-refractivity contribution in [2.24, 2.45) is 11.8 Å². The first-order valence-corrected chi connectivity index (χ1v) is 7.51. The van der Waals surface area contributed by atoms with E-state index < -0.39 is 0 Å². The van der Waals surface area contributed by atoms with Crippen molar-refractivity contribution < 1.29 is 0 Å². The molecule has 0 N–H and O–H groups in total. The van der Waals surface area contributed by atoms with Gasteiger partial charge in [-0.1, -0.05) is 70.1 Å². The van der Waals surface area contributed by atoms with Crippen molar-refractivity contribution in [3.63, 3.8) is 0 Å². The molecule has 0 saturated carbocycles. The molecule has 0 spiro atoms. The molecule has 2 aliphatic rings. The Morgan fingerprint density at radius 3 is 1.94 bits per heavy atom. The topological polar surface area (TPSA) is 0 Å². The quantitative estimate of drug-likeness (QED) is 0.427. The maximum atomic E-state index is 2.44. The number of hydrogen-bond acceptors (Lipinski definition) is 0. The maximum Gasteiger partial charge on any atom is 0.136 e. The van der Waals surface area contributed by atoms with Crippen molar-refractivity contribution in [2.75, 3.05) is 0 Å². The average Bonchev–Trinajstić information content (AvgIpc) is 2.81. The second-order valence-corrected chi connectivity index (χ2v) is 6.14. The molecule has 1 heterocycles. The predicted octanol–water partition coefficient (Wildman–Crippen LogP) is 5.05. The summed E-state index contributed by atoms with van der Waals surface area (Å²) in [6.07, 6.45) is 19.5. The lowest BCUT2D eigenvalue weighted by molar-refractivity contribution is 0.292. The van der Waals surface area contributed by atoms with Crippen LogP contribution in [0.4, 0.5) is 0 Å². The minimum absolute atomic E-state index is 0.990. The molecule has 1 aliphatic carbocycles. The second-order valence-electron chi connectivity index (χ2n) is 6.14. The molecular weight excluding hydrogens is 191 g/mol. The fraction of sp³-hybridized carbons (Fsp3) is 0.867. The van der Waals surface area contributed by atoms with Crippen molar-refractivity contribution in [1.82, 2.24) is 0 Å². The van der Waals surface area contributed by atoms with Crippen molar-refractivity contribution in [3.05, 3.63) is 12.2 Å². The summed E-state index contributed by atoms with van der Waals surface area (Å²) in [7, 11) is 0. The molecular formula is C15H27B. The zero-order chi connectivity index (χ0) is 11.2. The lowest BCUT2D eigenvalue weighted by Gasteiger charge is -2.25. The van der Waals surface area contributed by atoms with Gasteiger partial charge in [0, 0.05) is 0 Å². The summed E-state index contributed by atoms with van der Waals surface area (Å²) in [5.41, 5.74) is 0. The van der Waals surface area contributed by atoms with Gasteiger partial charge in [-0.15, -0.1) is 0 Å². The third kappa shape index (κ3) is 3.68. The summed E-state index contributed by atoms with van der Waals surface area (Å²) in [4.78, 5) is 0. The van der Waals surface area contributed by atoms with E-state index in [0.29, 0.717) is 0 Å². The summed E-state index contributed by atoms with van der Waals surface area (Å²) in [6.45, 7) is 3.43. The van der Waals surface area contributed by atoms with Crippen LogP contribution in [0.5, 0.6) is 0 Å². The van der Waals surface area contributed by atoms with Gasteiger partial charge in [0.05, 0.1) is 0 Å². The van der Waals surface area contributed by atoms with Gasteiger partial charge in [-0.25, -0.2) is 0 Å². The van der Waals surface area contributed by atoms with Gasteiger partial charge in [0.1, 0.15) is 6.71 Å². The molecule has 0 bridgehead atoms. The molecule has 1 saturated heterocycles. The standard InChI is InChI=1S/C15H27B/c1-16-12-6-4-10-15(11-5-7-13-16)14-8-2-3-9-14/h2-3,14-15H,4-13H2,1H3. The summed E-state index contributed by atoms with van der Waals surface area (Å²) < 4.78 is 0. The molecule has 0 radical (unpaired) electrons. The van der Waals surface area contributed by atoms with E-state index in [1.165, 1.54) is 64.0 Å². The van der Waals surface area contributed by atoms with Crippen molar-refractivity contribution in [2.45, 2.75) is 70.8 Å². The molecule has 0 aromatic heterocycles. The maximum absolute atomic E-state index is 2.44. The molecule has 1 aliphatic heterocycles. The molecule has 0 unspecified atom stereocenters. The van der Waals surface area contributed by atoms with Crippen LogP contribution in [0.15, 0.2) is 12.2 Å². The second kappa shape index (κ2) is 6.52. The van der Waals surface area contributed by atoms with Crippen LogP contribution in [0.25, 0.3) is 0 Å². The zero-order valence-corrected chi connectivity index (χ0v) is 11.0. The third-order valence-corrected chi connectivity index (χ3v) is 4.75. The molecule has 0 nitrogen and oxygen atoms in total. The molecule has 90 valence electrons. The molecule has 1 heteroatoms. The van der Waals surface area contributed by atoms with Crippen LogP contribution < -0.4 is 0 Å². The minimum Gasteiger partial charge on any atom is -0.0882 e. The number of rotatable bonds is 1. The smallest absolute Gasteiger partial charge is 0.0882 e. The van der Waals surface area contributed by atoms with E-state index in [1.54, 1.807) is 0 Å². The van der Waals surface area contributed by atoms with Gasteiger partial charge in [0.15, 0.2) is 0 Å². The van der Waals surface area contributed by atoms with Crippen LogP contribution in [0, 0.1) is 11.8 Å². The van der Waals surface area contributed by atoms with Crippen LogP contribution in [-0.2, 0) is 0 Å². The van der Waals surface area contributed by atoms with Crippen LogP contribution in [-0.4, -0.2) is 6.71 Å². The van der Waals surface area contributed by atoms with Gasteiger partial charge in [-0.3, -0.25) is 0 Å². The average molecular weight is 218 g/mol. The van der Waals surface area contributed by atoms with E-state index in [1.807, 2.05) is 0 Å². The van der Waals surface area contributed by atoms with E-state index in [2.05, 4.69) is 19.0 Å². The van der Waals surface area contributed by atoms with E-state index in [0.717, 1.165) is 18.5 Å². The Labute approximate surface area is 102 Å². The SMILES string of the molecule is CB1CCCCC(C2CC=CC2)CCCC1. The summed E-state index contributed by atoms with van der Waals surface area (Å²) in [5.74, 6) is 2.06. The predicted molar refractivity (Wildman–Crippen MR) is 74.3 cm³/mol. The van der Waals surface area contributed by atoms with Crippen molar-refractivity contribution in [1.29, 1.82) is 0 Å². The van der Waals surface area contributed by atoms with Gasteiger partial charge >= 0.3 is 0 Å². The summed E-state index contributed by atoms with van der Waals surface area (Å²) in [6, 6.07) is 0. The Balaban J connectivity index is 1.79. The number of allylic oxidation sites excluding steroid dienone is 2. The molecule has 0 aromatic carbocycles. The highest BCUT2D eigenvalue weighted by molar-refractivity contribution is 6.57. The summed E-state index contributed by atoms with van der Waals surface area (Å²) in [5, 5.41) is 0. The Bertz CT molecular complexity index is 201. The molecule has 0 aromatic rings. The Hall–Kier alpha value is -0.195. The first-order chi connectivity index (χ1) is 7.86. The third-order valence-electron chi connectivity index (χ3n) is 4.75. The Kier molecular flexibility index (Phi) is 5.00. The Morgan fingerprint density at radius 2 is 1.38 bits per heavy atom. The largest absolute Gasteiger partial charge is 0.136 e. The zero-order valence-electron chi connectivity index (χ0n) is 11.0. The first-order valence-electron chi connectivity index (χ1n) is 7.51. The van der Waals surface area contributed by atoms with E-state index in [-0.39, 0.29) is 0 Å². The molecule has 2 rings (SSSR count). The normalized spacial score (nSPS) is 26.2. The fourth-order valence-corrected chi connectivity index (χ4v) is 3.58. The highest BCUT2D eigenvalue weighted by Crippen LogP contribution is 2.34. The van der Waals surface area contributed by atoms with E-state index in [4.69, 9.17) is 0 Å². The summed E-state index contributed by atoms with van der Waals surface area (Å²) >= 11 is 0. The monoisotopic (exact) mass is 218 g/mol. The van der Waals surface area contributed by atoms with Gasteiger partial charge in [0.25, 0.3) is 0 Å². The van der Waals surface area contributed by atoms with Crippen molar-refractivity contribution in [3.8, 4) is 0 Å². The van der Waals surface area contributed by atoms with Crippen LogP contribution in [0.1, 0.15) is 51.4 Å². The van der Waals surface area contributed by atoms with Crippen LogP contribution in [0.3, 0.4) is 0 Å². The fourth-order valence-electron chi connectivity index (χ4n) is 3.58. The minimum atomic E-state index is 0.990. The van der Waals surface area contributed by atoms with E-state index in [9.17, 15) is 0 Å². The molecule has 0 atom stereocenters. The number of hydrogen-bond donors (Lipinski definition) is 0. The highest BCUT2D eigenvalue weighted by atomic mass is 14.3. The van der Waals surface area contributed by atoms with Gasteiger partial charge < -0.3 is 0 Å². The lowest BCUT2D eigenvalue weighted by atomic mass is 9.45. The van der Waals surface area contributed by atoms with Gasteiger partial charge in [0.2, 0.25) is 0 Å². The molecule has 1 fully saturated rings. The lowest BCUT2D eigenvalue weighted by Crippen LogP contribution is -2.15. The highest BCUT2D eigenvalue weighted by Gasteiger charge is 2.22. The molecule has 16 heavy (non-hydrogen) atoms. The van der Waals surface area contributed by atoms with Crippen molar-refractivity contribution >= 4 is 6.71 Å². The van der Waals surface area contributed by atoms with Crippen LogP contribution in [0.2, 0.25) is 19.5 Å².